The smallest absolute Gasteiger partial charge is 0.414 e. The Labute approximate surface area is 156 Å². The maximum Gasteiger partial charge on any atom is 0.414 e. The Kier molecular flexibility index (Phi) is 4.77. The highest BCUT2D eigenvalue weighted by Gasteiger charge is 2.24. The number of rotatable bonds is 3. The minimum absolute atomic E-state index is 0.0359. The molecule has 6 nitrogen and oxygen atoms in total. The van der Waals surface area contributed by atoms with E-state index in [-0.39, 0.29) is 11.6 Å². The van der Waals surface area contributed by atoms with Gasteiger partial charge in [0.25, 0.3) is 5.91 Å². The van der Waals surface area contributed by atoms with Crippen LogP contribution in [-0.2, 0) is 17.6 Å². The first-order chi connectivity index (χ1) is 13.1. The van der Waals surface area contributed by atoms with Crippen molar-refractivity contribution in [2.45, 2.75) is 12.8 Å². The van der Waals surface area contributed by atoms with Crippen LogP contribution >= 0.6 is 0 Å². The van der Waals surface area contributed by atoms with E-state index in [1.54, 1.807) is 6.07 Å². The van der Waals surface area contributed by atoms with Crippen LogP contribution < -0.4 is 15.5 Å². The molecule has 0 saturated carbocycles. The first-order valence-electron chi connectivity index (χ1n) is 8.99. The lowest BCUT2D eigenvalue weighted by Gasteiger charge is -2.15. The maximum atomic E-state index is 14.2. The van der Waals surface area contributed by atoms with Crippen molar-refractivity contribution in [1.82, 2.24) is 5.32 Å². The van der Waals surface area contributed by atoms with E-state index in [1.807, 2.05) is 12.1 Å². The average Bonchev–Trinajstić information content (AvgIpc) is 2.96. The third-order valence-electron chi connectivity index (χ3n) is 4.88. The average molecular weight is 369 g/mol. The molecule has 0 aromatic heterocycles. The van der Waals surface area contributed by atoms with Gasteiger partial charge in [-0.2, -0.15) is 0 Å². The predicted molar refractivity (Wildman–Crippen MR) is 99.8 cm³/mol. The number of carbonyl (C=O) groups is 2. The summed E-state index contributed by atoms with van der Waals surface area (Å²) in [7, 11) is 0. The fraction of sp³-hybridized carbons (Fsp3) is 0.300. The van der Waals surface area contributed by atoms with Crippen LogP contribution in [0.2, 0.25) is 0 Å². The van der Waals surface area contributed by atoms with Crippen LogP contribution in [0.25, 0.3) is 0 Å². The summed E-state index contributed by atoms with van der Waals surface area (Å²) in [5.74, 6) is -0.936. The number of cyclic esters (lactones) is 1. The molecule has 1 saturated heterocycles. The lowest BCUT2D eigenvalue weighted by Crippen LogP contribution is -2.23. The van der Waals surface area contributed by atoms with Gasteiger partial charge in [-0.1, -0.05) is 6.07 Å². The summed E-state index contributed by atoms with van der Waals surface area (Å²) >= 11 is 0. The number of carbonyl (C=O) groups excluding carboxylic acids is 2. The molecule has 2 heterocycles. The Bertz CT molecular complexity index is 900. The van der Waals surface area contributed by atoms with Gasteiger partial charge in [-0.15, -0.1) is 0 Å². The highest BCUT2D eigenvalue weighted by molar-refractivity contribution is 6.05. The maximum absolute atomic E-state index is 14.2. The third-order valence-corrected chi connectivity index (χ3v) is 4.88. The second-order valence-electron chi connectivity index (χ2n) is 6.62. The Morgan fingerprint density at radius 3 is 2.70 bits per heavy atom. The molecule has 0 aliphatic carbocycles. The van der Waals surface area contributed by atoms with Crippen LogP contribution in [0.5, 0.6) is 0 Å². The topological polar surface area (TPSA) is 70.7 Å². The summed E-state index contributed by atoms with van der Waals surface area (Å²) in [5.41, 5.74) is 3.39. The number of amides is 2. The van der Waals surface area contributed by atoms with Crippen molar-refractivity contribution in [3.05, 3.63) is 58.9 Å². The number of fused-ring (bicyclic) bond motifs is 1. The van der Waals surface area contributed by atoms with Gasteiger partial charge in [-0.25, -0.2) is 9.18 Å². The Balaban J connectivity index is 1.56. The first kappa shape index (κ1) is 17.5. The van der Waals surface area contributed by atoms with E-state index in [0.717, 1.165) is 31.5 Å². The Morgan fingerprint density at radius 2 is 1.93 bits per heavy atom. The van der Waals surface area contributed by atoms with Crippen LogP contribution in [0, 0.1) is 5.82 Å². The monoisotopic (exact) mass is 369 g/mol. The van der Waals surface area contributed by atoms with Crippen molar-refractivity contribution >= 4 is 23.4 Å². The summed E-state index contributed by atoms with van der Waals surface area (Å²) in [6, 6.07) is 9.78. The Hall–Kier alpha value is -2.93. The zero-order chi connectivity index (χ0) is 18.8. The molecule has 1 fully saturated rings. The number of benzene rings is 2. The lowest BCUT2D eigenvalue weighted by molar-refractivity contribution is 0.102. The molecule has 0 bridgehead atoms. The molecule has 0 atom stereocenters. The SMILES string of the molecule is O=C(Nc1cc(N2CCOC2=O)ccc1F)c1ccc2c(c1)CCNCC2. The quantitative estimate of drug-likeness (QED) is 0.873. The van der Waals surface area contributed by atoms with Crippen molar-refractivity contribution in [3.8, 4) is 0 Å². The van der Waals surface area contributed by atoms with Gasteiger partial charge in [-0.05, 0) is 67.4 Å². The molecule has 4 rings (SSSR count). The van der Waals surface area contributed by atoms with E-state index in [9.17, 15) is 14.0 Å². The van der Waals surface area contributed by atoms with Crippen molar-refractivity contribution in [1.29, 1.82) is 0 Å². The fourth-order valence-electron chi connectivity index (χ4n) is 3.41. The van der Waals surface area contributed by atoms with Crippen LogP contribution in [0.1, 0.15) is 21.5 Å². The van der Waals surface area contributed by atoms with Crippen LogP contribution in [0.15, 0.2) is 36.4 Å². The van der Waals surface area contributed by atoms with E-state index in [0.29, 0.717) is 24.4 Å². The van der Waals surface area contributed by atoms with Gasteiger partial charge in [-0.3, -0.25) is 9.69 Å². The number of halogens is 1. The van der Waals surface area contributed by atoms with E-state index in [2.05, 4.69) is 10.6 Å². The van der Waals surface area contributed by atoms with Gasteiger partial charge in [0.05, 0.1) is 12.2 Å². The van der Waals surface area contributed by atoms with Crippen LogP contribution in [0.3, 0.4) is 0 Å². The summed E-state index contributed by atoms with van der Waals surface area (Å²) in [6.07, 6.45) is 1.32. The number of hydrogen-bond acceptors (Lipinski definition) is 4. The highest BCUT2D eigenvalue weighted by atomic mass is 19.1. The summed E-state index contributed by atoms with van der Waals surface area (Å²) in [4.78, 5) is 25.7. The summed E-state index contributed by atoms with van der Waals surface area (Å²) in [5, 5.41) is 5.95. The van der Waals surface area contributed by atoms with Gasteiger partial charge in [0.2, 0.25) is 0 Å². The molecule has 140 valence electrons. The van der Waals surface area contributed by atoms with Gasteiger partial charge < -0.3 is 15.4 Å². The van der Waals surface area contributed by atoms with Crippen molar-refractivity contribution in [2.24, 2.45) is 0 Å². The molecular weight excluding hydrogens is 349 g/mol. The zero-order valence-corrected chi connectivity index (χ0v) is 14.8. The Morgan fingerprint density at radius 1 is 1.11 bits per heavy atom. The highest BCUT2D eigenvalue weighted by Crippen LogP contribution is 2.26. The first-order valence-corrected chi connectivity index (χ1v) is 8.99. The molecule has 7 heteroatoms. The van der Waals surface area contributed by atoms with E-state index in [4.69, 9.17) is 4.74 Å². The molecule has 2 aromatic carbocycles. The molecule has 0 radical (unpaired) electrons. The molecule has 2 aromatic rings. The van der Waals surface area contributed by atoms with Crippen LogP contribution in [0.4, 0.5) is 20.6 Å². The van der Waals surface area contributed by atoms with E-state index in [1.165, 1.54) is 28.7 Å². The fourth-order valence-corrected chi connectivity index (χ4v) is 3.41. The molecular formula is C20H20FN3O3. The van der Waals surface area contributed by atoms with E-state index < -0.39 is 11.9 Å². The predicted octanol–water partition coefficient (Wildman–Crippen LogP) is 2.72. The molecule has 2 amide bonds. The minimum Gasteiger partial charge on any atom is -0.447 e. The number of ether oxygens (including phenoxy) is 1. The normalized spacial score (nSPS) is 16.5. The number of hydrogen-bond donors (Lipinski definition) is 2. The second kappa shape index (κ2) is 7.36. The number of anilines is 2. The standard InChI is InChI=1S/C20H20FN3O3/c21-17-4-3-16(24-9-10-27-20(24)26)12-18(17)23-19(25)15-2-1-13-5-7-22-8-6-14(13)11-15/h1-4,11-12,22H,5-10H2,(H,23,25). The van der Waals surface area contributed by atoms with Gasteiger partial charge in [0, 0.05) is 11.3 Å². The molecule has 0 spiro atoms. The zero-order valence-electron chi connectivity index (χ0n) is 14.8. The van der Waals surface area contributed by atoms with Crippen LogP contribution in [-0.4, -0.2) is 38.2 Å². The summed E-state index contributed by atoms with van der Waals surface area (Å²) in [6.45, 7) is 2.49. The molecule has 2 aliphatic rings. The van der Waals surface area contributed by atoms with Crippen molar-refractivity contribution in [2.75, 3.05) is 36.5 Å². The molecule has 2 N–H and O–H groups in total. The largest absolute Gasteiger partial charge is 0.447 e. The summed E-state index contributed by atoms with van der Waals surface area (Å²) < 4.78 is 19.1. The number of nitrogens with zero attached hydrogens (tertiary/aromatic N) is 1. The lowest BCUT2D eigenvalue weighted by atomic mass is 10.00. The van der Waals surface area contributed by atoms with Gasteiger partial charge in [0.1, 0.15) is 12.4 Å². The minimum atomic E-state index is -0.557. The van der Waals surface area contributed by atoms with Gasteiger partial charge in [0.15, 0.2) is 0 Å². The molecule has 27 heavy (non-hydrogen) atoms. The van der Waals surface area contributed by atoms with Crippen molar-refractivity contribution in [3.63, 3.8) is 0 Å². The molecule has 0 unspecified atom stereocenters. The van der Waals surface area contributed by atoms with Crippen molar-refractivity contribution < 1.29 is 18.7 Å². The van der Waals surface area contributed by atoms with Gasteiger partial charge >= 0.3 is 6.09 Å². The number of nitrogens with one attached hydrogen (secondary N) is 2. The second-order valence-corrected chi connectivity index (χ2v) is 6.62. The van der Waals surface area contributed by atoms with E-state index >= 15 is 0 Å². The molecule has 2 aliphatic heterocycles. The third kappa shape index (κ3) is 3.64.